The molecular formula is C16H18N2O3S. The predicted molar refractivity (Wildman–Crippen MR) is 86.5 cm³/mol. The van der Waals surface area contributed by atoms with E-state index in [4.69, 9.17) is 0 Å². The Morgan fingerprint density at radius 1 is 1.00 bits per heavy atom. The molecule has 2 aromatic rings. The summed E-state index contributed by atoms with van der Waals surface area (Å²) in [5.74, 6) is -0.218. The Hall–Kier alpha value is -2.34. The lowest BCUT2D eigenvalue weighted by molar-refractivity contribution is 0.0963. The monoisotopic (exact) mass is 318 g/mol. The minimum atomic E-state index is -3.63. The first-order chi connectivity index (χ1) is 10.5. The fraction of sp³-hybridized carbons (Fsp3) is 0.188. The van der Waals surface area contributed by atoms with Crippen molar-refractivity contribution in [1.82, 2.24) is 5.32 Å². The van der Waals surface area contributed by atoms with Gasteiger partial charge in [0.2, 0.25) is 0 Å². The summed E-state index contributed by atoms with van der Waals surface area (Å²) in [7, 11) is -2.09. The summed E-state index contributed by atoms with van der Waals surface area (Å²) in [6, 6.07) is 13.0. The molecule has 0 saturated carbocycles. The first-order valence-corrected chi connectivity index (χ1v) is 8.38. The fourth-order valence-corrected chi connectivity index (χ4v) is 3.01. The van der Waals surface area contributed by atoms with Crippen LogP contribution in [0, 0.1) is 0 Å². The SMILES string of the molecule is CCc1ccc(S(=O)(=O)Nc2ccc(C(=O)NC)cc2)cc1. The summed E-state index contributed by atoms with van der Waals surface area (Å²) in [6.07, 6.45) is 0.856. The van der Waals surface area contributed by atoms with Gasteiger partial charge in [-0.2, -0.15) is 0 Å². The topological polar surface area (TPSA) is 75.3 Å². The van der Waals surface area contributed by atoms with Crippen molar-refractivity contribution in [2.75, 3.05) is 11.8 Å². The van der Waals surface area contributed by atoms with Gasteiger partial charge in [0.15, 0.2) is 0 Å². The maximum Gasteiger partial charge on any atom is 0.261 e. The molecule has 0 saturated heterocycles. The fourth-order valence-electron chi connectivity index (χ4n) is 1.95. The summed E-state index contributed by atoms with van der Waals surface area (Å²) < 4.78 is 27.1. The molecule has 0 aliphatic rings. The van der Waals surface area contributed by atoms with Crippen molar-refractivity contribution in [3.63, 3.8) is 0 Å². The number of carbonyl (C=O) groups excluding carboxylic acids is 1. The number of rotatable bonds is 5. The van der Waals surface area contributed by atoms with Crippen LogP contribution in [0.5, 0.6) is 0 Å². The van der Waals surface area contributed by atoms with E-state index in [2.05, 4.69) is 10.0 Å². The van der Waals surface area contributed by atoms with Gasteiger partial charge >= 0.3 is 0 Å². The summed E-state index contributed by atoms with van der Waals surface area (Å²) in [5.41, 5.74) is 1.96. The average Bonchev–Trinajstić information content (AvgIpc) is 2.54. The van der Waals surface area contributed by atoms with Gasteiger partial charge in [0.1, 0.15) is 0 Å². The summed E-state index contributed by atoms with van der Waals surface area (Å²) >= 11 is 0. The van der Waals surface area contributed by atoms with E-state index < -0.39 is 10.0 Å². The molecule has 5 nitrogen and oxygen atoms in total. The lowest BCUT2D eigenvalue weighted by atomic mass is 10.2. The molecule has 2 N–H and O–H groups in total. The van der Waals surface area contributed by atoms with Gasteiger partial charge < -0.3 is 5.32 Å². The normalized spacial score (nSPS) is 11.0. The molecule has 0 spiro atoms. The van der Waals surface area contributed by atoms with E-state index in [9.17, 15) is 13.2 Å². The number of hydrogen-bond acceptors (Lipinski definition) is 3. The van der Waals surface area contributed by atoms with Crippen LogP contribution in [0.1, 0.15) is 22.8 Å². The minimum absolute atomic E-state index is 0.208. The molecule has 22 heavy (non-hydrogen) atoms. The predicted octanol–water partition coefficient (Wildman–Crippen LogP) is 2.41. The van der Waals surface area contributed by atoms with E-state index in [1.807, 2.05) is 6.92 Å². The third-order valence-electron chi connectivity index (χ3n) is 3.27. The maximum absolute atomic E-state index is 12.3. The molecule has 0 bridgehead atoms. The highest BCUT2D eigenvalue weighted by Gasteiger charge is 2.14. The first kappa shape index (κ1) is 16.0. The highest BCUT2D eigenvalue weighted by molar-refractivity contribution is 7.92. The number of hydrogen-bond donors (Lipinski definition) is 2. The molecular weight excluding hydrogens is 300 g/mol. The Bertz CT molecular complexity index is 751. The number of benzene rings is 2. The van der Waals surface area contributed by atoms with Gasteiger partial charge in [-0.1, -0.05) is 19.1 Å². The summed E-state index contributed by atoms with van der Waals surface area (Å²) in [5, 5.41) is 2.51. The molecule has 0 aliphatic heterocycles. The maximum atomic E-state index is 12.3. The molecule has 2 aromatic carbocycles. The molecule has 0 fully saturated rings. The second-order valence-electron chi connectivity index (χ2n) is 4.76. The third kappa shape index (κ3) is 3.65. The Balaban J connectivity index is 2.19. The van der Waals surface area contributed by atoms with E-state index in [1.54, 1.807) is 55.6 Å². The number of aryl methyl sites for hydroxylation is 1. The Kier molecular flexibility index (Phi) is 4.82. The van der Waals surface area contributed by atoms with Gasteiger partial charge in [-0.3, -0.25) is 9.52 Å². The first-order valence-electron chi connectivity index (χ1n) is 6.90. The van der Waals surface area contributed by atoms with Crippen LogP contribution in [0.25, 0.3) is 0 Å². The van der Waals surface area contributed by atoms with Crippen LogP contribution >= 0.6 is 0 Å². The minimum Gasteiger partial charge on any atom is -0.355 e. The van der Waals surface area contributed by atoms with Crippen molar-refractivity contribution < 1.29 is 13.2 Å². The van der Waals surface area contributed by atoms with Crippen molar-refractivity contribution in [1.29, 1.82) is 0 Å². The Morgan fingerprint density at radius 3 is 2.09 bits per heavy atom. The molecule has 0 aromatic heterocycles. The van der Waals surface area contributed by atoms with E-state index in [0.29, 0.717) is 11.3 Å². The van der Waals surface area contributed by atoms with Crippen molar-refractivity contribution in [2.24, 2.45) is 0 Å². The van der Waals surface area contributed by atoms with E-state index in [-0.39, 0.29) is 10.8 Å². The van der Waals surface area contributed by atoms with Crippen molar-refractivity contribution >= 4 is 21.6 Å². The van der Waals surface area contributed by atoms with E-state index >= 15 is 0 Å². The van der Waals surface area contributed by atoms with Crippen LogP contribution in [-0.4, -0.2) is 21.4 Å². The van der Waals surface area contributed by atoms with E-state index in [0.717, 1.165) is 12.0 Å². The van der Waals surface area contributed by atoms with Crippen LogP contribution in [0.2, 0.25) is 0 Å². The molecule has 1 amide bonds. The molecule has 2 rings (SSSR count). The van der Waals surface area contributed by atoms with Crippen molar-refractivity contribution in [3.8, 4) is 0 Å². The van der Waals surface area contributed by atoms with Crippen LogP contribution < -0.4 is 10.0 Å². The van der Waals surface area contributed by atoms with Crippen molar-refractivity contribution in [3.05, 3.63) is 59.7 Å². The van der Waals surface area contributed by atoms with Crippen LogP contribution in [0.3, 0.4) is 0 Å². The molecule has 116 valence electrons. The second-order valence-corrected chi connectivity index (χ2v) is 6.44. The summed E-state index contributed by atoms with van der Waals surface area (Å²) in [6.45, 7) is 2.01. The number of nitrogens with one attached hydrogen (secondary N) is 2. The highest BCUT2D eigenvalue weighted by Crippen LogP contribution is 2.17. The van der Waals surface area contributed by atoms with Crippen molar-refractivity contribution in [2.45, 2.75) is 18.2 Å². The number of amides is 1. The van der Waals surface area contributed by atoms with Crippen LogP contribution in [-0.2, 0) is 16.4 Å². The van der Waals surface area contributed by atoms with Gasteiger partial charge in [-0.15, -0.1) is 0 Å². The lowest BCUT2D eigenvalue weighted by Crippen LogP contribution is -2.18. The largest absolute Gasteiger partial charge is 0.355 e. The van der Waals surface area contributed by atoms with Crippen LogP contribution in [0.15, 0.2) is 53.4 Å². The number of carbonyl (C=O) groups is 1. The van der Waals surface area contributed by atoms with Gasteiger partial charge in [0.25, 0.3) is 15.9 Å². The third-order valence-corrected chi connectivity index (χ3v) is 4.67. The second kappa shape index (κ2) is 6.62. The Labute approximate surface area is 130 Å². The summed E-state index contributed by atoms with van der Waals surface area (Å²) in [4.78, 5) is 11.7. The lowest BCUT2D eigenvalue weighted by Gasteiger charge is -2.09. The number of anilines is 1. The zero-order valence-corrected chi connectivity index (χ0v) is 13.3. The molecule has 6 heteroatoms. The molecule has 0 unspecified atom stereocenters. The zero-order chi connectivity index (χ0) is 16.2. The zero-order valence-electron chi connectivity index (χ0n) is 12.5. The molecule has 0 atom stereocenters. The molecule has 0 heterocycles. The highest BCUT2D eigenvalue weighted by atomic mass is 32.2. The van der Waals surface area contributed by atoms with E-state index in [1.165, 1.54) is 0 Å². The Morgan fingerprint density at radius 2 is 1.59 bits per heavy atom. The number of sulfonamides is 1. The smallest absolute Gasteiger partial charge is 0.261 e. The van der Waals surface area contributed by atoms with Gasteiger partial charge in [0, 0.05) is 18.3 Å². The van der Waals surface area contributed by atoms with Gasteiger partial charge in [-0.05, 0) is 48.4 Å². The standard InChI is InChI=1S/C16H18N2O3S/c1-3-12-4-10-15(11-5-12)22(20,21)18-14-8-6-13(7-9-14)16(19)17-2/h4-11,18H,3H2,1-2H3,(H,17,19). The molecule has 0 radical (unpaired) electrons. The van der Waals surface area contributed by atoms with Gasteiger partial charge in [-0.25, -0.2) is 8.42 Å². The van der Waals surface area contributed by atoms with Gasteiger partial charge in [0.05, 0.1) is 4.90 Å². The quantitative estimate of drug-likeness (QED) is 0.889. The molecule has 0 aliphatic carbocycles. The average molecular weight is 318 g/mol. The van der Waals surface area contributed by atoms with Crippen LogP contribution in [0.4, 0.5) is 5.69 Å².